The van der Waals surface area contributed by atoms with E-state index in [-0.39, 0.29) is 17.3 Å². The fraction of sp³-hybridized carbons (Fsp3) is 0.217. The number of allylic oxidation sites excluding steroid dienone is 2. The molecule has 2 atom stereocenters. The second kappa shape index (κ2) is 5.95. The maximum atomic E-state index is 13.0. The molecule has 2 heterocycles. The molecule has 0 saturated carbocycles. The number of hydrogen-bond acceptors (Lipinski definition) is 3. The molecule has 134 valence electrons. The zero-order valence-electron chi connectivity index (χ0n) is 15.0. The Morgan fingerprint density at radius 1 is 0.963 bits per heavy atom. The molecule has 0 spiro atoms. The van der Waals surface area contributed by atoms with Gasteiger partial charge in [0.05, 0.1) is 17.0 Å². The predicted molar refractivity (Wildman–Crippen MR) is 104 cm³/mol. The summed E-state index contributed by atoms with van der Waals surface area (Å²) < 4.78 is 6.26. The van der Waals surface area contributed by atoms with Gasteiger partial charge in [-0.25, -0.2) is 0 Å². The molecule has 5 rings (SSSR count). The third-order valence-corrected chi connectivity index (χ3v) is 5.51. The van der Waals surface area contributed by atoms with E-state index in [2.05, 4.69) is 11.9 Å². The molecular formula is C23H19NO3. The number of hydrogen-bond donors (Lipinski definition) is 1. The Hall–Kier alpha value is -3.14. The highest BCUT2D eigenvalue weighted by atomic mass is 16.5. The number of benzene rings is 2. The highest BCUT2D eigenvalue weighted by Crippen LogP contribution is 2.47. The second-order valence-electron chi connectivity index (χ2n) is 7.46. The number of aromatic nitrogens is 1. The first-order valence-electron chi connectivity index (χ1n) is 9.27. The third kappa shape index (κ3) is 2.44. The van der Waals surface area contributed by atoms with Crippen LogP contribution in [0.25, 0.3) is 10.9 Å². The zero-order chi connectivity index (χ0) is 18.5. The molecule has 2 aliphatic rings. The predicted octanol–water partition coefficient (Wildman–Crippen LogP) is 4.31. The van der Waals surface area contributed by atoms with Crippen LogP contribution in [-0.2, 0) is 4.79 Å². The smallest absolute Gasteiger partial charge is 0.256 e. The normalized spacial score (nSPS) is 21.6. The van der Waals surface area contributed by atoms with Crippen molar-refractivity contribution in [1.29, 1.82) is 0 Å². The van der Waals surface area contributed by atoms with Crippen molar-refractivity contribution in [1.82, 2.24) is 4.98 Å². The minimum atomic E-state index is -0.390. The molecule has 0 radical (unpaired) electrons. The zero-order valence-corrected chi connectivity index (χ0v) is 15.0. The van der Waals surface area contributed by atoms with Crippen LogP contribution in [0, 0.1) is 5.92 Å². The van der Waals surface area contributed by atoms with Gasteiger partial charge in [0.2, 0.25) is 0 Å². The first kappa shape index (κ1) is 16.1. The van der Waals surface area contributed by atoms with Gasteiger partial charge in [-0.2, -0.15) is 0 Å². The Balaban J connectivity index is 1.86. The van der Waals surface area contributed by atoms with Crippen molar-refractivity contribution in [2.45, 2.75) is 25.7 Å². The van der Waals surface area contributed by atoms with Crippen molar-refractivity contribution >= 4 is 16.7 Å². The van der Waals surface area contributed by atoms with E-state index in [1.807, 2.05) is 54.6 Å². The molecule has 4 heteroatoms. The van der Waals surface area contributed by atoms with Gasteiger partial charge in [-0.3, -0.25) is 9.59 Å². The van der Waals surface area contributed by atoms with Gasteiger partial charge in [0.25, 0.3) is 5.56 Å². The summed E-state index contributed by atoms with van der Waals surface area (Å²) in [5, 5.41) is 0.866. The van der Waals surface area contributed by atoms with E-state index in [4.69, 9.17) is 4.74 Å². The molecule has 3 aromatic rings. The van der Waals surface area contributed by atoms with Crippen LogP contribution >= 0.6 is 0 Å². The number of ether oxygens (including phenoxy) is 1. The van der Waals surface area contributed by atoms with E-state index in [1.165, 1.54) is 0 Å². The lowest BCUT2D eigenvalue weighted by atomic mass is 9.75. The first-order chi connectivity index (χ1) is 13.1. The SMILES string of the molecule is CC1CC(=O)C2=C(C1)Oc1c(c(=O)[nH]c3ccccc13)C2c1ccccc1. The standard InChI is InChI=1S/C23H19NO3/c1-13-11-17(25)20-18(12-13)27-22-15-9-5-6-10-16(15)24-23(26)21(22)19(20)14-7-3-2-4-8-14/h2-10,13,19H,11-12H2,1H3,(H,24,26). The summed E-state index contributed by atoms with van der Waals surface area (Å²) in [7, 11) is 0. The summed E-state index contributed by atoms with van der Waals surface area (Å²) in [6.07, 6.45) is 1.21. The van der Waals surface area contributed by atoms with Gasteiger partial charge in [-0.05, 0) is 23.6 Å². The average Bonchev–Trinajstić information content (AvgIpc) is 2.67. The summed E-state index contributed by atoms with van der Waals surface area (Å²) in [5.41, 5.74) is 2.66. The third-order valence-electron chi connectivity index (χ3n) is 5.51. The van der Waals surface area contributed by atoms with Crippen LogP contribution in [0.5, 0.6) is 5.75 Å². The van der Waals surface area contributed by atoms with Gasteiger partial charge in [0, 0.05) is 23.8 Å². The average molecular weight is 357 g/mol. The van der Waals surface area contributed by atoms with Gasteiger partial charge in [0.15, 0.2) is 5.78 Å². The van der Waals surface area contributed by atoms with Crippen molar-refractivity contribution in [2.24, 2.45) is 5.92 Å². The van der Waals surface area contributed by atoms with Crippen molar-refractivity contribution < 1.29 is 9.53 Å². The van der Waals surface area contributed by atoms with E-state index >= 15 is 0 Å². The number of carbonyl (C=O) groups excluding carboxylic acids is 1. The van der Waals surface area contributed by atoms with Gasteiger partial charge >= 0.3 is 0 Å². The number of pyridine rings is 1. The summed E-state index contributed by atoms with van der Waals surface area (Å²) in [6.45, 7) is 2.06. The number of para-hydroxylation sites is 1. The number of carbonyl (C=O) groups is 1. The van der Waals surface area contributed by atoms with Crippen LogP contribution in [0.1, 0.15) is 36.8 Å². The second-order valence-corrected chi connectivity index (χ2v) is 7.46. The molecule has 27 heavy (non-hydrogen) atoms. The Labute approximate surface area is 156 Å². The van der Waals surface area contributed by atoms with Crippen molar-refractivity contribution in [3.05, 3.63) is 87.4 Å². The molecule has 1 aromatic heterocycles. The monoisotopic (exact) mass is 357 g/mol. The number of aromatic amines is 1. The fourth-order valence-corrected chi connectivity index (χ4v) is 4.35. The molecule has 1 aliphatic heterocycles. The Bertz CT molecular complexity index is 1160. The molecule has 0 amide bonds. The maximum absolute atomic E-state index is 13.0. The van der Waals surface area contributed by atoms with Crippen LogP contribution in [0.15, 0.2) is 70.7 Å². The highest BCUT2D eigenvalue weighted by Gasteiger charge is 2.40. The quantitative estimate of drug-likeness (QED) is 0.706. The molecule has 0 fully saturated rings. The van der Waals surface area contributed by atoms with Gasteiger partial charge in [0.1, 0.15) is 11.5 Å². The summed E-state index contributed by atoms with van der Waals surface area (Å²) in [4.78, 5) is 29.0. The summed E-state index contributed by atoms with van der Waals surface area (Å²) in [5.74, 6) is 1.23. The van der Waals surface area contributed by atoms with E-state index in [1.54, 1.807) is 0 Å². The number of fused-ring (bicyclic) bond motifs is 3. The molecule has 0 bridgehead atoms. The Kier molecular flexibility index (Phi) is 3.54. The highest BCUT2D eigenvalue weighted by molar-refractivity contribution is 6.00. The van der Waals surface area contributed by atoms with Crippen LogP contribution < -0.4 is 10.3 Å². The lowest BCUT2D eigenvalue weighted by Crippen LogP contribution is -2.32. The lowest BCUT2D eigenvalue weighted by Gasteiger charge is -2.34. The van der Waals surface area contributed by atoms with Crippen LogP contribution in [0.3, 0.4) is 0 Å². The number of rotatable bonds is 1. The Morgan fingerprint density at radius 2 is 1.70 bits per heavy atom. The largest absolute Gasteiger partial charge is 0.460 e. The minimum absolute atomic E-state index is 0.0795. The summed E-state index contributed by atoms with van der Waals surface area (Å²) in [6, 6.07) is 17.4. The molecule has 2 unspecified atom stereocenters. The number of nitrogens with one attached hydrogen (secondary N) is 1. The maximum Gasteiger partial charge on any atom is 0.256 e. The van der Waals surface area contributed by atoms with Crippen molar-refractivity contribution in [2.75, 3.05) is 0 Å². The fourth-order valence-electron chi connectivity index (χ4n) is 4.35. The number of ketones is 1. The Morgan fingerprint density at radius 3 is 2.52 bits per heavy atom. The molecular weight excluding hydrogens is 338 g/mol. The van der Waals surface area contributed by atoms with Crippen LogP contribution in [0.2, 0.25) is 0 Å². The topological polar surface area (TPSA) is 59.2 Å². The molecule has 1 N–H and O–H groups in total. The van der Waals surface area contributed by atoms with Gasteiger partial charge < -0.3 is 9.72 Å². The van der Waals surface area contributed by atoms with Crippen molar-refractivity contribution in [3.63, 3.8) is 0 Å². The minimum Gasteiger partial charge on any atom is -0.460 e. The first-order valence-corrected chi connectivity index (χ1v) is 9.27. The van der Waals surface area contributed by atoms with Crippen LogP contribution in [0.4, 0.5) is 0 Å². The van der Waals surface area contributed by atoms with Crippen molar-refractivity contribution in [3.8, 4) is 5.75 Å². The van der Waals surface area contributed by atoms with E-state index in [0.29, 0.717) is 29.7 Å². The summed E-state index contributed by atoms with van der Waals surface area (Å²) >= 11 is 0. The van der Waals surface area contributed by atoms with Gasteiger partial charge in [-0.15, -0.1) is 0 Å². The van der Waals surface area contributed by atoms with Gasteiger partial charge in [-0.1, -0.05) is 49.4 Å². The lowest BCUT2D eigenvalue weighted by molar-refractivity contribution is -0.117. The molecule has 2 aromatic carbocycles. The van der Waals surface area contributed by atoms with E-state index in [9.17, 15) is 9.59 Å². The molecule has 4 nitrogen and oxygen atoms in total. The molecule has 0 saturated heterocycles. The van der Waals surface area contributed by atoms with Crippen LogP contribution in [-0.4, -0.2) is 10.8 Å². The van der Waals surface area contributed by atoms with E-state index < -0.39 is 5.92 Å². The number of H-pyrrole nitrogens is 1. The number of Topliss-reactive ketones (excluding diaryl/α,β-unsaturated/α-hetero) is 1. The molecule has 1 aliphatic carbocycles. The van der Waals surface area contributed by atoms with E-state index in [0.717, 1.165) is 22.2 Å².